The van der Waals surface area contributed by atoms with Crippen LogP contribution in [0.1, 0.15) is 79.6 Å². The molecule has 0 unspecified atom stereocenters. The first kappa shape index (κ1) is 45.6. The maximum Gasteiger partial charge on any atom is 0.328 e. The van der Waals surface area contributed by atoms with Gasteiger partial charge in [0.05, 0.1) is 24.7 Å². The van der Waals surface area contributed by atoms with Crippen LogP contribution in [0.4, 0.5) is 0 Å². The van der Waals surface area contributed by atoms with Gasteiger partial charge in [0, 0.05) is 6.54 Å². The summed E-state index contributed by atoms with van der Waals surface area (Å²) in [6.07, 6.45) is -1.35. The van der Waals surface area contributed by atoms with Gasteiger partial charge in [-0.15, -0.1) is 0 Å². The molecular formula is C32H57N9O11. The maximum absolute atomic E-state index is 13.5. The minimum Gasteiger partial charge on any atom is -0.480 e. The molecule has 20 heteroatoms. The van der Waals surface area contributed by atoms with E-state index in [0.29, 0.717) is 32.2 Å². The Labute approximate surface area is 302 Å². The minimum atomic E-state index is -1.65. The fourth-order valence-corrected chi connectivity index (χ4v) is 5.49. The van der Waals surface area contributed by atoms with Crippen molar-refractivity contribution >= 4 is 47.3 Å². The molecule has 1 saturated heterocycles. The van der Waals surface area contributed by atoms with Crippen molar-refractivity contribution in [3.8, 4) is 0 Å². The molecule has 9 atom stereocenters. The van der Waals surface area contributed by atoms with E-state index in [1.54, 1.807) is 0 Å². The van der Waals surface area contributed by atoms with E-state index in [4.69, 9.17) is 17.2 Å². The number of primary amides is 1. The first-order valence-electron chi connectivity index (χ1n) is 17.4. The molecule has 0 aromatic rings. The second-order valence-electron chi connectivity index (χ2n) is 13.5. The summed E-state index contributed by atoms with van der Waals surface area (Å²) in [7, 11) is 0. The lowest BCUT2D eigenvalue weighted by Crippen LogP contribution is -2.61. The number of hydrogen-bond acceptors (Lipinski definition) is 12. The number of unbranched alkanes of at least 4 members (excludes halogenated alkanes) is 1. The van der Waals surface area contributed by atoms with E-state index in [-0.39, 0.29) is 25.3 Å². The quantitative estimate of drug-likeness (QED) is 0.0468. The molecule has 0 saturated carbocycles. The number of nitrogens with one attached hydrogen (secondary N) is 5. The average molecular weight is 744 g/mol. The Bertz CT molecular complexity index is 1280. The number of amides is 7. The zero-order valence-electron chi connectivity index (χ0n) is 30.4. The van der Waals surface area contributed by atoms with E-state index < -0.39 is 108 Å². The number of nitrogens with two attached hydrogens (primary N) is 3. The van der Waals surface area contributed by atoms with Crippen LogP contribution >= 0.6 is 0 Å². The van der Waals surface area contributed by atoms with Gasteiger partial charge in [0.2, 0.25) is 41.4 Å². The van der Waals surface area contributed by atoms with Gasteiger partial charge in [-0.1, -0.05) is 20.3 Å². The highest BCUT2D eigenvalue weighted by atomic mass is 16.4. The van der Waals surface area contributed by atoms with Gasteiger partial charge in [-0.25, -0.2) is 4.79 Å². The molecule has 14 N–H and O–H groups in total. The Kier molecular flexibility index (Phi) is 19.2. The number of carbonyl (C=O) groups excluding carboxylic acids is 7. The number of aliphatic hydroxyl groups excluding tert-OH is 2. The Morgan fingerprint density at radius 1 is 0.769 bits per heavy atom. The van der Waals surface area contributed by atoms with Crippen LogP contribution in [-0.4, -0.2) is 135 Å². The summed E-state index contributed by atoms with van der Waals surface area (Å²) < 4.78 is 0. The molecule has 7 amide bonds. The van der Waals surface area contributed by atoms with Crippen LogP contribution in [0, 0.1) is 5.92 Å². The van der Waals surface area contributed by atoms with Crippen molar-refractivity contribution in [1.29, 1.82) is 0 Å². The number of aliphatic hydroxyl groups is 2. The number of hydrogen-bond donors (Lipinski definition) is 11. The smallest absolute Gasteiger partial charge is 0.328 e. The Balaban J connectivity index is 3.05. The van der Waals surface area contributed by atoms with E-state index in [0.717, 1.165) is 4.90 Å². The van der Waals surface area contributed by atoms with Crippen LogP contribution < -0.4 is 43.8 Å². The van der Waals surface area contributed by atoms with Gasteiger partial charge in [-0.3, -0.25) is 33.6 Å². The zero-order chi connectivity index (χ0) is 39.9. The lowest BCUT2D eigenvalue weighted by atomic mass is 10.0. The normalized spacial score (nSPS) is 18.8. The van der Waals surface area contributed by atoms with Gasteiger partial charge in [0.15, 0.2) is 6.04 Å². The highest BCUT2D eigenvalue weighted by molar-refractivity contribution is 5.98. The lowest BCUT2D eigenvalue weighted by Gasteiger charge is -2.30. The molecule has 0 radical (unpaired) electrons. The fourth-order valence-electron chi connectivity index (χ4n) is 5.49. The van der Waals surface area contributed by atoms with Gasteiger partial charge in [0.25, 0.3) is 0 Å². The molecule has 20 nitrogen and oxygen atoms in total. The van der Waals surface area contributed by atoms with Crippen LogP contribution in [0.5, 0.6) is 0 Å². The van der Waals surface area contributed by atoms with E-state index in [1.165, 1.54) is 20.8 Å². The molecule has 0 aromatic heterocycles. The van der Waals surface area contributed by atoms with Crippen LogP contribution in [-0.2, 0) is 38.4 Å². The van der Waals surface area contributed by atoms with Crippen molar-refractivity contribution in [3.63, 3.8) is 0 Å². The number of carboxylic acid groups (broad SMARTS) is 1. The Hall–Kier alpha value is -4.40. The first-order valence-corrected chi connectivity index (χ1v) is 17.4. The fraction of sp³-hybridized carbons (Fsp3) is 0.750. The summed E-state index contributed by atoms with van der Waals surface area (Å²) in [5, 5.41) is 41.3. The maximum atomic E-state index is 13.5. The Morgan fingerprint density at radius 2 is 1.37 bits per heavy atom. The highest BCUT2D eigenvalue weighted by Gasteiger charge is 2.40. The van der Waals surface area contributed by atoms with Crippen LogP contribution in [0.3, 0.4) is 0 Å². The van der Waals surface area contributed by atoms with Crippen molar-refractivity contribution in [2.75, 3.05) is 13.1 Å². The molecule has 0 aromatic carbocycles. The minimum absolute atomic E-state index is 0.0228. The largest absolute Gasteiger partial charge is 0.480 e. The SMILES string of the molecule is CC(C)C[C@H](NC(=O)[C@@H](N)CCCCN)C(=O)N[C@H](C(=O)N[C@@H](C)C(=O)N[C@@H](CC(N)=O)C(=O)N1CCC[C@H]1C(=O)N[C@H](C(=O)O)[C@@H](C)O)[C@@H](C)O. The van der Waals surface area contributed by atoms with Crippen molar-refractivity contribution in [1.82, 2.24) is 31.5 Å². The second-order valence-corrected chi connectivity index (χ2v) is 13.5. The molecule has 52 heavy (non-hydrogen) atoms. The summed E-state index contributed by atoms with van der Waals surface area (Å²) in [6.45, 7) is 7.72. The monoisotopic (exact) mass is 743 g/mol. The topological polar surface area (TPSA) is 339 Å². The standard InChI is InChI=1S/C32H57N9O11/c1-15(2)13-20(37-27(46)19(34)9-6-7-11-33)28(47)39-24(17(4)42)30(49)36-16(3)26(45)38-21(14-23(35)44)31(50)41-12-8-10-22(41)29(48)40-25(18(5)43)32(51)52/h15-22,24-25,42-43H,6-14,33-34H2,1-5H3,(H2,35,44)(H,36,49)(H,37,46)(H,38,45)(H,39,47)(H,40,48)(H,51,52)/t16-,17+,18+,19-,20-,21-,22-,24-,25-/m0/s1. The third kappa shape index (κ3) is 14.7. The number of nitrogens with zero attached hydrogens (tertiary/aromatic N) is 1. The predicted octanol–water partition coefficient (Wildman–Crippen LogP) is -4.35. The zero-order valence-corrected chi connectivity index (χ0v) is 30.4. The summed E-state index contributed by atoms with van der Waals surface area (Å²) in [6, 6.07) is -9.41. The van der Waals surface area contributed by atoms with Crippen molar-refractivity contribution in [2.24, 2.45) is 23.1 Å². The van der Waals surface area contributed by atoms with Crippen LogP contribution in [0.15, 0.2) is 0 Å². The van der Waals surface area contributed by atoms with E-state index in [2.05, 4.69) is 26.6 Å². The number of carboxylic acids is 1. The molecule has 1 heterocycles. The second kappa shape index (κ2) is 21.8. The predicted molar refractivity (Wildman–Crippen MR) is 185 cm³/mol. The summed E-state index contributed by atoms with van der Waals surface area (Å²) in [4.78, 5) is 103. The molecule has 1 aliphatic heterocycles. The summed E-state index contributed by atoms with van der Waals surface area (Å²) in [5.74, 6) is -7.60. The number of likely N-dealkylation sites (tertiary alicyclic amines) is 1. The van der Waals surface area contributed by atoms with Crippen molar-refractivity contribution < 1.29 is 53.7 Å². The molecular weight excluding hydrogens is 686 g/mol. The molecule has 0 spiro atoms. The number of carbonyl (C=O) groups is 8. The van der Waals surface area contributed by atoms with Crippen molar-refractivity contribution in [3.05, 3.63) is 0 Å². The van der Waals surface area contributed by atoms with E-state index in [9.17, 15) is 53.7 Å². The molecule has 1 fully saturated rings. The van der Waals surface area contributed by atoms with Gasteiger partial charge < -0.3 is 64.0 Å². The van der Waals surface area contributed by atoms with E-state index in [1.807, 2.05) is 13.8 Å². The van der Waals surface area contributed by atoms with Gasteiger partial charge in [-0.05, 0) is 65.3 Å². The highest BCUT2D eigenvalue weighted by Crippen LogP contribution is 2.20. The molecule has 0 aliphatic carbocycles. The third-order valence-corrected chi connectivity index (χ3v) is 8.37. The number of aliphatic carboxylic acids is 1. The van der Waals surface area contributed by atoms with Gasteiger partial charge >= 0.3 is 5.97 Å². The Morgan fingerprint density at radius 3 is 1.88 bits per heavy atom. The van der Waals surface area contributed by atoms with E-state index >= 15 is 0 Å². The molecule has 296 valence electrons. The number of rotatable bonds is 22. The molecule has 1 rings (SSSR count). The van der Waals surface area contributed by atoms with Crippen molar-refractivity contribution in [2.45, 2.75) is 134 Å². The summed E-state index contributed by atoms with van der Waals surface area (Å²) in [5.41, 5.74) is 16.8. The summed E-state index contributed by atoms with van der Waals surface area (Å²) >= 11 is 0. The lowest BCUT2D eigenvalue weighted by molar-refractivity contribution is -0.147. The van der Waals surface area contributed by atoms with Crippen LogP contribution in [0.2, 0.25) is 0 Å². The molecule has 1 aliphatic rings. The first-order chi connectivity index (χ1) is 24.2. The third-order valence-electron chi connectivity index (χ3n) is 8.37. The molecule has 0 bridgehead atoms. The van der Waals surface area contributed by atoms with Gasteiger partial charge in [-0.2, -0.15) is 0 Å². The van der Waals surface area contributed by atoms with Crippen LogP contribution in [0.25, 0.3) is 0 Å². The average Bonchev–Trinajstić information content (AvgIpc) is 3.54. The van der Waals surface area contributed by atoms with Gasteiger partial charge in [0.1, 0.15) is 30.2 Å².